The number of carbonyl (C=O) groups is 1. The van der Waals surface area contributed by atoms with Crippen LogP contribution in [-0.2, 0) is 10.8 Å². The van der Waals surface area contributed by atoms with Gasteiger partial charge in [-0.05, 0) is 51.8 Å². The number of rotatable bonds is 7. The van der Waals surface area contributed by atoms with E-state index >= 15 is 0 Å². The number of nitrogens with zero attached hydrogens (tertiary/aromatic N) is 1. The highest BCUT2D eigenvalue weighted by Gasteiger charge is 2.23. The maximum atomic E-state index is 13.4. The smallest absolute Gasteiger partial charge is 0.223 e. The van der Waals surface area contributed by atoms with Crippen molar-refractivity contribution in [3.8, 4) is 0 Å². The largest absolute Gasteiger partial charge is 0.360 e. The zero-order chi connectivity index (χ0) is 20.5. The van der Waals surface area contributed by atoms with Crippen molar-refractivity contribution >= 4 is 38.8 Å². The lowest BCUT2D eigenvalue weighted by Crippen LogP contribution is -2.24. The van der Waals surface area contributed by atoms with Gasteiger partial charge in [0.1, 0.15) is 5.82 Å². The molecule has 0 unspecified atom stereocenters. The summed E-state index contributed by atoms with van der Waals surface area (Å²) >= 11 is 1.33. The van der Waals surface area contributed by atoms with E-state index in [-0.39, 0.29) is 22.3 Å². The van der Waals surface area contributed by atoms with Crippen molar-refractivity contribution in [3.63, 3.8) is 0 Å². The van der Waals surface area contributed by atoms with E-state index in [9.17, 15) is 13.4 Å². The zero-order valence-electron chi connectivity index (χ0n) is 16.5. The molecule has 7 heteroatoms. The molecule has 4 nitrogen and oxygen atoms in total. The van der Waals surface area contributed by atoms with Gasteiger partial charge in [0.15, 0.2) is 5.01 Å². The average molecular weight is 421 g/mol. The first kappa shape index (κ1) is 20.9. The molecule has 0 bridgehead atoms. The lowest BCUT2D eigenvalue weighted by atomic mass is 10.0. The number of fused-ring (bicyclic) bond motifs is 1. The molecule has 0 aliphatic carbocycles. The Morgan fingerprint density at radius 1 is 1.36 bits per heavy atom. The maximum absolute atomic E-state index is 13.4. The number of aromatic amines is 1. The Balaban J connectivity index is 1.78. The summed E-state index contributed by atoms with van der Waals surface area (Å²) in [5.74, 6) is 0.295. The van der Waals surface area contributed by atoms with Gasteiger partial charge in [0, 0.05) is 49.7 Å². The van der Waals surface area contributed by atoms with E-state index < -0.39 is 10.8 Å². The van der Waals surface area contributed by atoms with Gasteiger partial charge in [0.05, 0.1) is 11.3 Å². The van der Waals surface area contributed by atoms with Gasteiger partial charge in [-0.15, -0.1) is 11.3 Å². The van der Waals surface area contributed by atoms with Crippen LogP contribution in [0.5, 0.6) is 0 Å². The lowest BCUT2D eigenvalue weighted by molar-refractivity contribution is 0.103. The molecule has 0 amide bonds. The van der Waals surface area contributed by atoms with Gasteiger partial charge < -0.3 is 4.98 Å². The Hall–Kier alpha value is -1.86. The molecule has 0 aliphatic rings. The third kappa shape index (κ3) is 4.41. The van der Waals surface area contributed by atoms with Crippen LogP contribution in [0.15, 0.2) is 29.8 Å². The fourth-order valence-corrected chi connectivity index (χ4v) is 5.06. The Morgan fingerprint density at radius 2 is 2.11 bits per heavy atom. The predicted molar refractivity (Wildman–Crippen MR) is 114 cm³/mol. The van der Waals surface area contributed by atoms with Crippen molar-refractivity contribution < 1.29 is 13.4 Å². The van der Waals surface area contributed by atoms with Crippen LogP contribution in [0.3, 0.4) is 0 Å². The third-order valence-electron chi connectivity index (χ3n) is 4.85. The molecular weight excluding hydrogens is 395 g/mol. The van der Waals surface area contributed by atoms with Gasteiger partial charge in [-0.3, -0.25) is 9.00 Å². The van der Waals surface area contributed by atoms with Crippen LogP contribution in [0.4, 0.5) is 4.39 Å². The number of halogens is 1. The quantitative estimate of drug-likeness (QED) is 0.519. The SMILES string of the molecule is CC[C@H](CC[S@](=O)C(C)(C)C)c1csc(C(=O)c2c[nH]c3cc(F)ccc23)n1. The molecule has 2 aromatic heterocycles. The summed E-state index contributed by atoms with van der Waals surface area (Å²) in [7, 11) is -0.903. The fraction of sp³-hybridized carbons (Fsp3) is 0.429. The van der Waals surface area contributed by atoms with E-state index in [1.807, 2.05) is 26.2 Å². The van der Waals surface area contributed by atoms with Gasteiger partial charge in [-0.1, -0.05) is 6.92 Å². The standard InChI is InChI=1S/C21H25FN2O2S2/c1-5-13(8-9-28(26)21(2,3)4)18-12-27-20(24-18)19(25)16-11-23-17-10-14(22)6-7-15(16)17/h6-7,10-13,23H,5,8-9H2,1-4H3/t13-,28+/m1/s1. The third-order valence-corrected chi connectivity index (χ3v) is 7.68. The molecule has 28 heavy (non-hydrogen) atoms. The first-order valence-corrected chi connectivity index (χ1v) is 11.6. The second-order valence-corrected chi connectivity index (χ2v) is 11.0. The molecule has 150 valence electrons. The number of H-pyrrole nitrogens is 1. The summed E-state index contributed by atoms with van der Waals surface area (Å²) in [6.45, 7) is 8.03. The van der Waals surface area contributed by atoms with Crippen LogP contribution in [0, 0.1) is 5.82 Å². The average Bonchev–Trinajstić information content (AvgIpc) is 3.27. The summed E-state index contributed by atoms with van der Waals surface area (Å²) < 4.78 is 25.5. The normalized spacial score (nSPS) is 14.3. The number of thiazole rings is 1. The number of hydrogen-bond acceptors (Lipinski definition) is 4. The first-order valence-electron chi connectivity index (χ1n) is 9.36. The van der Waals surface area contributed by atoms with Gasteiger partial charge in [-0.2, -0.15) is 0 Å². The predicted octanol–water partition coefficient (Wildman–Crippen LogP) is 5.43. The Bertz CT molecular complexity index is 1020. The van der Waals surface area contributed by atoms with E-state index in [2.05, 4.69) is 16.9 Å². The van der Waals surface area contributed by atoms with Crippen LogP contribution < -0.4 is 0 Å². The summed E-state index contributed by atoms with van der Waals surface area (Å²) in [6, 6.07) is 4.34. The van der Waals surface area contributed by atoms with Crippen molar-refractivity contribution in [3.05, 3.63) is 51.9 Å². The minimum atomic E-state index is -0.903. The Morgan fingerprint density at radius 3 is 2.79 bits per heavy atom. The molecule has 2 heterocycles. The number of carbonyl (C=O) groups excluding carboxylic acids is 1. The van der Waals surface area contributed by atoms with Gasteiger partial charge >= 0.3 is 0 Å². The monoisotopic (exact) mass is 420 g/mol. The second kappa shape index (κ2) is 8.25. The molecule has 0 spiro atoms. The number of ketones is 1. The molecule has 1 aromatic carbocycles. The highest BCUT2D eigenvalue weighted by molar-refractivity contribution is 7.86. The maximum Gasteiger partial charge on any atom is 0.223 e. The van der Waals surface area contributed by atoms with E-state index in [4.69, 9.17) is 0 Å². The molecule has 0 fully saturated rings. The topological polar surface area (TPSA) is 62.8 Å². The second-order valence-electron chi connectivity index (χ2n) is 7.85. The molecule has 1 N–H and O–H groups in total. The van der Waals surface area contributed by atoms with Crippen molar-refractivity contribution in [2.24, 2.45) is 0 Å². The molecular formula is C21H25FN2O2S2. The number of aromatic nitrogens is 2. The minimum absolute atomic E-state index is 0.165. The van der Waals surface area contributed by atoms with Gasteiger partial charge in [0.25, 0.3) is 0 Å². The Labute approximate surface area is 171 Å². The van der Waals surface area contributed by atoms with Crippen molar-refractivity contribution in [1.29, 1.82) is 0 Å². The molecule has 3 aromatic rings. The molecule has 2 atom stereocenters. The van der Waals surface area contributed by atoms with Gasteiger partial charge in [-0.25, -0.2) is 9.37 Å². The fourth-order valence-electron chi connectivity index (χ4n) is 3.10. The van der Waals surface area contributed by atoms with Crippen LogP contribution in [0.25, 0.3) is 10.9 Å². The van der Waals surface area contributed by atoms with Crippen molar-refractivity contribution in [2.45, 2.75) is 51.2 Å². The summed E-state index contributed by atoms with van der Waals surface area (Å²) in [5, 5.41) is 3.04. The van der Waals surface area contributed by atoms with Crippen LogP contribution >= 0.6 is 11.3 Å². The molecule has 0 aliphatic heterocycles. The highest BCUT2D eigenvalue weighted by atomic mass is 32.2. The number of benzene rings is 1. The van der Waals surface area contributed by atoms with E-state index in [0.717, 1.165) is 18.5 Å². The molecule has 3 rings (SSSR count). The van der Waals surface area contributed by atoms with Crippen molar-refractivity contribution in [1.82, 2.24) is 9.97 Å². The van der Waals surface area contributed by atoms with Crippen LogP contribution in [0.2, 0.25) is 0 Å². The van der Waals surface area contributed by atoms with E-state index in [0.29, 0.717) is 27.2 Å². The highest BCUT2D eigenvalue weighted by Crippen LogP contribution is 2.29. The summed E-state index contributed by atoms with van der Waals surface area (Å²) in [6.07, 6.45) is 3.27. The minimum Gasteiger partial charge on any atom is -0.360 e. The number of hydrogen-bond donors (Lipinski definition) is 1. The lowest BCUT2D eigenvalue weighted by Gasteiger charge is -2.19. The van der Waals surface area contributed by atoms with Crippen LogP contribution in [-0.4, -0.2) is 30.5 Å². The molecule has 0 saturated carbocycles. The van der Waals surface area contributed by atoms with Crippen molar-refractivity contribution in [2.75, 3.05) is 5.75 Å². The zero-order valence-corrected chi connectivity index (χ0v) is 18.2. The summed E-state index contributed by atoms with van der Waals surface area (Å²) in [4.78, 5) is 20.4. The van der Waals surface area contributed by atoms with Crippen LogP contribution in [0.1, 0.15) is 67.5 Å². The molecule has 0 saturated heterocycles. The first-order chi connectivity index (χ1) is 13.2. The number of nitrogens with one attached hydrogen (secondary N) is 1. The van der Waals surface area contributed by atoms with E-state index in [1.165, 1.54) is 23.5 Å². The van der Waals surface area contributed by atoms with E-state index in [1.54, 1.807) is 12.3 Å². The van der Waals surface area contributed by atoms with Gasteiger partial charge in [0.2, 0.25) is 5.78 Å². The summed E-state index contributed by atoms with van der Waals surface area (Å²) in [5.41, 5.74) is 1.97. The Kier molecular flexibility index (Phi) is 6.15. The molecule has 0 radical (unpaired) electrons.